The number of rotatable bonds is 7. The minimum Gasteiger partial charge on any atom is -0.481 e. The number of carbonyl (C=O) groups is 3. The SMILES string of the molecule is CC[C@H](C)[C@H](NC(N)=O)C(=O)NNC(=O)[C@@H](C)Oc1cccc(C)c1C. The predicted octanol–water partition coefficient (Wildman–Crippen LogP) is 1.30. The third-order valence-electron chi connectivity index (χ3n) is 4.33. The summed E-state index contributed by atoms with van der Waals surface area (Å²) in [6, 6.07) is 3.93. The Balaban J connectivity index is 2.64. The molecule has 0 aliphatic rings. The van der Waals surface area contributed by atoms with Crippen LogP contribution in [0.1, 0.15) is 38.3 Å². The van der Waals surface area contributed by atoms with Crippen molar-refractivity contribution in [1.82, 2.24) is 16.2 Å². The number of ether oxygens (including phenoxy) is 1. The molecular formula is C18H28N4O4. The van der Waals surface area contributed by atoms with Gasteiger partial charge in [-0.1, -0.05) is 32.4 Å². The highest BCUT2D eigenvalue weighted by molar-refractivity contribution is 5.89. The quantitative estimate of drug-likeness (QED) is 0.545. The van der Waals surface area contributed by atoms with E-state index in [1.54, 1.807) is 19.9 Å². The van der Waals surface area contributed by atoms with Crippen LogP contribution in [0.3, 0.4) is 0 Å². The van der Waals surface area contributed by atoms with Gasteiger partial charge in [0.1, 0.15) is 11.8 Å². The van der Waals surface area contributed by atoms with E-state index in [2.05, 4.69) is 16.2 Å². The first-order chi connectivity index (χ1) is 12.2. The zero-order valence-electron chi connectivity index (χ0n) is 15.9. The van der Waals surface area contributed by atoms with Crippen molar-refractivity contribution in [3.8, 4) is 5.75 Å². The van der Waals surface area contributed by atoms with Crippen molar-refractivity contribution < 1.29 is 19.1 Å². The number of hydrogen-bond acceptors (Lipinski definition) is 4. The van der Waals surface area contributed by atoms with Gasteiger partial charge in [-0.2, -0.15) is 0 Å². The molecule has 26 heavy (non-hydrogen) atoms. The summed E-state index contributed by atoms with van der Waals surface area (Å²) in [5.41, 5.74) is 11.7. The van der Waals surface area contributed by atoms with Gasteiger partial charge < -0.3 is 15.8 Å². The van der Waals surface area contributed by atoms with E-state index in [4.69, 9.17) is 10.5 Å². The number of aryl methyl sites for hydroxylation is 1. The first-order valence-corrected chi connectivity index (χ1v) is 8.55. The van der Waals surface area contributed by atoms with Crippen molar-refractivity contribution in [3.63, 3.8) is 0 Å². The smallest absolute Gasteiger partial charge is 0.312 e. The van der Waals surface area contributed by atoms with E-state index >= 15 is 0 Å². The number of nitrogens with two attached hydrogens (primary N) is 1. The van der Waals surface area contributed by atoms with Crippen LogP contribution in [0, 0.1) is 19.8 Å². The number of nitrogens with one attached hydrogen (secondary N) is 3. The summed E-state index contributed by atoms with van der Waals surface area (Å²) in [5, 5.41) is 2.38. The summed E-state index contributed by atoms with van der Waals surface area (Å²) in [6.45, 7) is 9.12. The van der Waals surface area contributed by atoms with Crippen molar-refractivity contribution in [2.75, 3.05) is 0 Å². The molecule has 1 aromatic rings. The van der Waals surface area contributed by atoms with Crippen LogP contribution in [0.4, 0.5) is 4.79 Å². The highest BCUT2D eigenvalue weighted by atomic mass is 16.5. The Morgan fingerprint density at radius 3 is 2.31 bits per heavy atom. The van der Waals surface area contributed by atoms with Crippen LogP contribution in [-0.2, 0) is 9.59 Å². The molecule has 4 amide bonds. The molecule has 0 saturated carbocycles. The van der Waals surface area contributed by atoms with E-state index in [9.17, 15) is 14.4 Å². The van der Waals surface area contributed by atoms with Gasteiger partial charge in [0.2, 0.25) is 0 Å². The van der Waals surface area contributed by atoms with Crippen LogP contribution < -0.4 is 26.6 Å². The first-order valence-electron chi connectivity index (χ1n) is 8.55. The molecule has 8 nitrogen and oxygen atoms in total. The van der Waals surface area contributed by atoms with E-state index in [0.717, 1.165) is 11.1 Å². The summed E-state index contributed by atoms with van der Waals surface area (Å²) in [7, 11) is 0. The molecule has 0 saturated heterocycles. The van der Waals surface area contributed by atoms with E-state index in [1.165, 1.54) is 0 Å². The second-order valence-corrected chi connectivity index (χ2v) is 6.31. The third kappa shape index (κ3) is 5.94. The maximum Gasteiger partial charge on any atom is 0.312 e. The number of amides is 4. The Labute approximate surface area is 153 Å². The van der Waals surface area contributed by atoms with Gasteiger partial charge in [-0.15, -0.1) is 0 Å². The topological polar surface area (TPSA) is 123 Å². The average Bonchev–Trinajstić information content (AvgIpc) is 2.60. The molecule has 1 rings (SSSR count). The first kappa shape index (κ1) is 21.3. The Bertz CT molecular complexity index is 663. The minimum absolute atomic E-state index is 0.150. The molecule has 0 spiro atoms. The number of urea groups is 1. The molecule has 144 valence electrons. The van der Waals surface area contributed by atoms with Crippen molar-refractivity contribution in [2.45, 2.75) is 53.2 Å². The highest BCUT2D eigenvalue weighted by Crippen LogP contribution is 2.21. The monoisotopic (exact) mass is 364 g/mol. The Morgan fingerprint density at radius 2 is 1.73 bits per heavy atom. The Hall–Kier alpha value is -2.77. The molecular weight excluding hydrogens is 336 g/mol. The van der Waals surface area contributed by atoms with Crippen molar-refractivity contribution in [3.05, 3.63) is 29.3 Å². The largest absolute Gasteiger partial charge is 0.481 e. The fourth-order valence-electron chi connectivity index (χ4n) is 2.25. The highest BCUT2D eigenvalue weighted by Gasteiger charge is 2.26. The number of carbonyl (C=O) groups excluding carboxylic acids is 3. The van der Waals surface area contributed by atoms with Crippen LogP contribution in [0.2, 0.25) is 0 Å². The Kier molecular flexibility index (Phi) is 7.89. The summed E-state index contributed by atoms with van der Waals surface area (Å²) in [6.07, 6.45) is -0.166. The van der Waals surface area contributed by atoms with Gasteiger partial charge >= 0.3 is 6.03 Å². The van der Waals surface area contributed by atoms with Gasteiger partial charge in [0.15, 0.2) is 6.10 Å². The molecule has 0 aromatic heterocycles. The van der Waals surface area contributed by atoms with Crippen LogP contribution in [0.15, 0.2) is 18.2 Å². The fraction of sp³-hybridized carbons (Fsp3) is 0.500. The second-order valence-electron chi connectivity index (χ2n) is 6.31. The summed E-state index contributed by atoms with van der Waals surface area (Å²) >= 11 is 0. The molecule has 0 bridgehead atoms. The number of hydrogen-bond donors (Lipinski definition) is 4. The molecule has 0 heterocycles. The lowest BCUT2D eigenvalue weighted by atomic mass is 9.99. The van der Waals surface area contributed by atoms with Crippen LogP contribution >= 0.6 is 0 Å². The van der Waals surface area contributed by atoms with Crippen LogP contribution in [0.5, 0.6) is 5.75 Å². The number of primary amides is 1. The molecule has 1 aromatic carbocycles. The Morgan fingerprint density at radius 1 is 1.12 bits per heavy atom. The van der Waals surface area contributed by atoms with Crippen LogP contribution in [0.25, 0.3) is 0 Å². The molecule has 5 N–H and O–H groups in total. The fourth-order valence-corrected chi connectivity index (χ4v) is 2.25. The zero-order valence-corrected chi connectivity index (χ0v) is 15.9. The minimum atomic E-state index is -0.840. The average molecular weight is 364 g/mol. The molecule has 0 aliphatic heterocycles. The number of benzene rings is 1. The lowest BCUT2D eigenvalue weighted by molar-refractivity contribution is -0.133. The molecule has 8 heteroatoms. The van der Waals surface area contributed by atoms with Gasteiger partial charge in [0.25, 0.3) is 11.8 Å². The lowest BCUT2D eigenvalue weighted by Crippen LogP contribution is -2.57. The maximum atomic E-state index is 12.2. The van der Waals surface area contributed by atoms with E-state index in [-0.39, 0.29) is 5.92 Å². The van der Waals surface area contributed by atoms with E-state index < -0.39 is 30.0 Å². The van der Waals surface area contributed by atoms with Crippen LogP contribution in [-0.4, -0.2) is 30.0 Å². The maximum absolute atomic E-state index is 12.2. The summed E-state index contributed by atoms with van der Waals surface area (Å²) in [4.78, 5) is 35.5. The molecule has 0 radical (unpaired) electrons. The van der Waals surface area contributed by atoms with E-state index in [1.807, 2.05) is 32.9 Å². The van der Waals surface area contributed by atoms with Crippen molar-refractivity contribution in [1.29, 1.82) is 0 Å². The second kappa shape index (κ2) is 9.65. The van der Waals surface area contributed by atoms with Gasteiger partial charge in [0.05, 0.1) is 0 Å². The third-order valence-corrected chi connectivity index (χ3v) is 4.33. The summed E-state index contributed by atoms with van der Waals surface area (Å²) < 4.78 is 5.66. The molecule has 3 atom stereocenters. The van der Waals surface area contributed by atoms with Gasteiger partial charge in [-0.25, -0.2) is 4.79 Å². The standard InChI is InChI=1S/C18H28N4O4/c1-6-10(2)15(20-18(19)25)17(24)22-21-16(23)13(5)26-14-9-7-8-11(3)12(14)4/h7-10,13,15H,6H2,1-5H3,(H,21,23)(H,22,24)(H3,19,20,25)/t10-,13+,15-/m0/s1. The van der Waals surface area contributed by atoms with E-state index in [0.29, 0.717) is 12.2 Å². The van der Waals surface area contributed by atoms with Crippen molar-refractivity contribution >= 4 is 17.8 Å². The van der Waals surface area contributed by atoms with Gasteiger partial charge in [-0.3, -0.25) is 20.4 Å². The van der Waals surface area contributed by atoms with Crippen molar-refractivity contribution in [2.24, 2.45) is 11.7 Å². The predicted molar refractivity (Wildman–Crippen MR) is 98.3 cm³/mol. The van der Waals surface area contributed by atoms with Gasteiger partial charge in [0, 0.05) is 0 Å². The van der Waals surface area contributed by atoms with Gasteiger partial charge in [-0.05, 0) is 43.9 Å². The molecule has 0 unspecified atom stereocenters. The lowest BCUT2D eigenvalue weighted by Gasteiger charge is -2.23. The molecule has 0 fully saturated rings. The molecule has 0 aliphatic carbocycles. The zero-order chi connectivity index (χ0) is 19.9. The normalized spacial score (nSPS) is 13.9. The summed E-state index contributed by atoms with van der Waals surface area (Å²) in [5.74, 6) is -0.610. The number of hydrazine groups is 1.